The number of hydrogen-bond acceptors (Lipinski definition) is 5. The normalized spacial score (nSPS) is 15.8. The third-order valence-corrected chi connectivity index (χ3v) is 5.20. The van der Waals surface area contributed by atoms with Crippen molar-refractivity contribution >= 4 is 17.2 Å². The molecule has 0 radical (unpaired) electrons. The molecule has 5 rings (SSSR count). The van der Waals surface area contributed by atoms with Gasteiger partial charge in [0.05, 0.1) is 11.9 Å². The summed E-state index contributed by atoms with van der Waals surface area (Å²) in [6.07, 6.45) is 9.07. The van der Waals surface area contributed by atoms with Crippen molar-refractivity contribution in [3.63, 3.8) is 0 Å². The molecule has 1 aromatic carbocycles. The van der Waals surface area contributed by atoms with Gasteiger partial charge in [0.2, 0.25) is 0 Å². The van der Waals surface area contributed by atoms with Crippen LogP contribution in [0.1, 0.15) is 23.6 Å². The van der Waals surface area contributed by atoms with Gasteiger partial charge in [-0.25, -0.2) is 4.98 Å². The molecular formula is C20H18N6O. The number of anilines is 2. The van der Waals surface area contributed by atoms with Gasteiger partial charge in [-0.2, -0.15) is 4.91 Å². The molecule has 1 unspecified atom stereocenters. The number of nitroso groups, excluding NO2 is 1. The average molecular weight is 358 g/mol. The Bertz CT molecular complexity index is 1160. The van der Waals surface area contributed by atoms with Crippen molar-refractivity contribution in [2.75, 3.05) is 5.32 Å². The first-order valence-corrected chi connectivity index (χ1v) is 8.90. The van der Waals surface area contributed by atoms with Gasteiger partial charge in [-0.1, -0.05) is 11.2 Å². The first kappa shape index (κ1) is 15.7. The molecule has 0 amide bonds. The van der Waals surface area contributed by atoms with Crippen molar-refractivity contribution < 1.29 is 0 Å². The van der Waals surface area contributed by atoms with E-state index in [2.05, 4.69) is 21.5 Å². The number of imidazole rings is 1. The quantitative estimate of drug-likeness (QED) is 0.554. The highest BCUT2D eigenvalue weighted by molar-refractivity contribution is 5.78. The standard InChI is InChI=1S/C20H18N6O/c1-25-9-2-3-17(25)19-20(26-10-8-21-12-18(26)23-19)22-14-5-6-15-13(11-14)4-7-16(15)24-27/h2-3,5-6,8-12,16,22H,4,7H2,1H3. The number of hydrogen-bond donors (Lipinski definition) is 1. The molecule has 1 atom stereocenters. The number of benzene rings is 1. The number of rotatable bonds is 4. The van der Waals surface area contributed by atoms with Gasteiger partial charge in [-0.15, -0.1) is 0 Å². The Labute approximate surface area is 155 Å². The van der Waals surface area contributed by atoms with Gasteiger partial charge in [0, 0.05) is 31.3 Å². The molecule has 1 N–H and O–H groups in total. The largest absolute Gasteiger partial charge is 0.349 e. The van der Waals surface area contributed by atoms with Crippen molar-refractivity contribution in [1.82, 2.24) is 18.9 Å². The van der Waals surface area contributed by atoms with Crippen LogP contribution in [0.3, 0.4) is 0 Å². The zero-order chi connectivity index (χ0) is 18.4. The molecule has 0 fully saturated rings. The maximum Gasteiger partial charge on any atom is 0.157 e. The summed E-state index contributed by atoms with van der Waals surface area (Å²) in [6.45, 7) is 0. The van der Waals surface area contributed by atoms with Crippen LogP contribution in [0.2, 0.25) is 0 Å². The predicted octanol–water partition coefficient (Wildman–Crippen LogP) is 4.23. The van der Waals surface area contributed by atoms with Gasteiger partial charge < -0.3 is 9.88 Å². The van der Waals surface area contributed by atoms with E-state index in [0.717, 1.165) is 46.9 Å². The van der Waals surface area contributed by atoms with E-state index in [-0.39, 0.29) is 6.04 Å². The molecule has 0 saturated carbocycles. The van der Waals surface area contributed by atoms with Crippen LogP contribution in [0.15, 0.2) is 60.3 Å². The molecule has 0 bridgehead atoms. The van der Waals surface area contributed by atoms with Crippen LogP contribution < -0.4 is 5.32 Å². The molecule has 27 heavy (non-hydrogen) atoms. The molecule has 3 aromatic heterocycles. The highest BCUT2D eigenvalue weighted by Crippen LogP contribution is 2.37. The second-order valence-corrected chi connectivity index (χ2v) is 6.82. The molecule has 0 saturated heterocycles. The summed E-state index contributed by atoms with van der Waals surface area (Å²) in [7, 11) is 2.00. The van der Waals surface area contributed by atoms with E-state index in [9.17, 15) is 4.91 Å². The van der Waals surface area contributed by atoms with Gasteiger partial charge in [0.25, 0.3) is 0 Å². The Hall–Kier alpha value is -3.48. The lowest BCUT2D eigenvalue weighted by molar-refractivity contribution is 0.710. The summed E-state index contributed by atoms with van der Waals surface area (Å²) in [4.78, 5) is 19.9. The first-order valence-electron chi connectivity index (χ1n) is 8.90. The lowest BCUT2D eigenvalue weighted by Crippen LogP contribution is -1.99. The molecule has 7 heteroatoms. The molecule has 0 spiro atoms. The van der Waals surface area contributed by atoms with E-state index < -0.39 is 0 Å². The van der Waals surface area contributed by atoms with Gasteiger partial charge in [-0.05, 0) is 48.2 Å². The summed E-state index contributed by atoms with van der Waals surface area (Å²) < 4.78 is 4.04. The fraction of sp³-hybridized carbons (Fsp3) is 0.200. The fourth-order valence-corrected chi connectivity index (χ4v) is 3.83. The Morgan fingerprint density at radius 2 is 2.19 bits per heavy atom. The average Bonchev–Trinajstić information content (AvgIpc) is 3.38. The Morgan fingerprint density at radius 1 is 1.26 bits per heavy atom. The Kier molecular flexibility index (Phi) is 3.53. The van der Waals surface area contributed by atoms with Crippen molar-refractivity contribution in [2.24, 2.45) is 12.2 Å². The summed E-state index contributed by atoms with van der Waals surface area (Å²) in [5.74, 6) is 0.886. The highest BCUT2D eigenvalue weighted by atomic mass is 16.3. The van der Waals surface area contributed by atoms with Gasteiger partial charge >= 0.3 is 0 Å². The molecule has 7 nitrogen and oxygen atoms in total. The second-order valence-electron chi connectivity index (χ2n) is 6.82. The van der Waals surface area contributed by atoms with E-state index in [4.69, 9.17) is 4.98 Å². The van der Waals surface area contributed by atoms with E-state index >= 15 is 0 Å². The van der Waals surface area contributed by atoms with Crippen LogP contribution in [-0.2, 0) is 13.5 Å². The number of nitrogens with zero attached hydrogens (tertiary/aromatic N) is 5. The van der Waals surface area contributed by atoms with Crippen LogP contribution in [0.4, 0.5) is 11.5 Å². The number of aryl methyl sites for hydroxylation is 2. The minimum Gasteiger partial charge on any atom is -0.349 e. The molecular weight excluding hydrogens is 340 g/mol. The molecule has 134 valence electrons. The van der Waals surface area contributed by atoms with Crippen molar-refractivity contribution in [3.8, 4) is 11.4 Å². The zero-order valence-electron chi connectivity index (χ0n) is 14.8. The summed E-state index contributed by atoms with van der Waals surface area (Å²) in [6, 6.07) is 9.94. The molecule has 0 aliphatic heterocycles. The SMILES string of the molecule is Cn1cccc1-c1nc2cnccn2c1Nc1ccc2c(c1)CCC2N=O. The lowest BCUT2D eigenvalue weighted by atomic mass is 10.1. The maximum atomic E-state index is 11.0. The molecule has 4 aromatic rings. The van der Waals surface area contributed by atoms with Gasteiger partial charge in [-0.3, -0.25) is 9.38 Å². The number of nitrogens with one attached hydrogen (secondary N) is 1. The van der Waals surface area contributed by atoms with Crippen LogP contribution in [0, 0.1) is 4.91 Å². The highest BCUT2D eigenvalue weighted by Gasteiger charge is 2.24. The van der Waals surface area contributed by atoms with Gasteiger partial charge in [0.1, 0.15) is 17.6 Å². The predicted molar refractivity (Wildman–Crippen MR) is 104 cm³/mol. The summed E-state index contributed by atoms with van der Waals surface area (Å²) >= 11 is 0. The van der Waals surface area contributed by atoms with E-state index in [0.29, 0.717) is 0 Å². The summed E-state index contributed by atoms with van der Waals surface area (Å²) in [5.41, 5.74) is 5.86. The van der Waals surface area contributed by atoms with Crippen molar-refractivity contribution in [3.05, 3.63) is 71.2 Å². The Balaban J connectivity index is 1.61. The second kappa shape index (κ2) is 6.05. The molecule has 1 aliphatic carbocycles. The molecule has 3 heterocycles. The van der Waals surface area contributed by atoms with E-state index in [1.807, 2.05) is 52.7 Å². The number of aromatic nitrogens is 4. The van der Waals surface area contributed by atoms with E-state index in [1.165, 1.54) is 5.56 Å². The Morgan fingerprint density at radius 3 is 3.00 bits per heavy atom. The third kappa shape index (κ3) is 2.51. The first-order chi connectivity index (χ1) is 13.2. The van der Waals surface area contributed by atoms with E-state index in [1.54, 1.807) is 12.4 Å². The summed E-state index contributed by atoms with van der Waals surface area (Å²) in [5, 5.41) is 6.76. The van der Waals surface area contributed by atoms with Crippen LogP contribution in [-0.4, -0.2) is 18.9 Å². The van der Waals surface area contributed by atoms with Crippen molar-refractivity contribution in [2.45, 2.75) is 18.9 Å². The van der Waals surface area contributed by atoms with Crippen LogP contribution in [0.25, 0.3) is 17.0 Å². The minimum absolute atomic E-state index is 0.213. The van der Waals surface area contributed by atoms with Crippen LogP contribution in [0.5, 0.6) is 0 Å². The third-order valence-electron chi connectivity index (χ3n) is 5.20. The lowest BCUT2D eigenvalue weighted by Gasteiger charge is -2.11. The monoisotopic (exact) mass is 358 g/mol. The number of fused-ring (bicyclic) bond motifs is 2. The fourth-order valence-electron chi connectivity index (χ4n) is 3.83. The maximum absolute atomic E-state index is 11.0. The topological polar surface area (TPSA) is 76.6 Å². The van der Waals surface area contributed by atoms with Crippen molar-refractivity contribution in [1.29, 1.82) is 0 Å². The molecule has 1 aliphatic rings. The van der Waals surface area contributed by atoms with Gasteiger partial charge in [0.15, 0.2) is 5.65 Å². The van der Waals surface area contributed by atoms with Crippen LogP contribution >= 0.6 is 0 Å². The smallest absolute Gasteiger partial charge is 0.157 e. The zero-order valence-corrected chi connectivity index (χ0v) is 14.8. The minimum atomic E-state index is -0.213.